The van der Waals surface area contributed by atoms with Crippen molar-refractivity contribution in [1.29, 1.82) is 0 Å². The van der Waals surface area contributed by atoms with Crippen LogP contribution < -0.4 is 16.2 Å². The second-order valence-electron chi connectivity index (χ2n) is 7.05. The van der Waals surface area contributed by atoms with Crippen molar-refractivity contribution in [3.63, 3.8) is 0 Å². The van der Waals surface area contributed by atoms with Crippen LogP contribution in [-0.4, -0.2) is 48.0 Å². The lowest BCUT2D eigenvalue weighted by atomic mass is 10.1. The number of amides is 1. The van der Waals surface area contributed by atoms with Crippen LogP contribution in [-0.2, 0) is 6.54 Å². The van der Waals surface area contributed by atoms with Crippen molar-refractivity contribution in [2.75, 3.05) is 31.8 Å². The molecule has 1 aromatic heterocycles. The number of H-pyrrole nitrogens is 1. The van der Waals surface area contributed by atoms with Gasteiger partial charge in [0.1, 0.15) is 11.4 Å². The Bertz CT molecular complexity index is 1200. The summed E-state index contributed by atoms with van der Waals surface area (Å²) in [5.41, 5.74) is 1.02. The number of pyridine rings is 1. The van der Waals surface area contributed by atoms with Crippen molar-refractivity contribution in [2.24, 2.45) is 0 Å². The lowest BCUT2D eigenvalue weighted by Gasteiger charge is -2.16. The highest BCUT2D eigenvalue weighted by Gasteiger charge is 2.17. The number of carboxylic acid groups (broad SMARTS) is 1. The van der Waals surface area contributed by atoms with Crippen molar-refractivity contribution < 1.29 is 19.1 Å². The molecule has 0 saturated carbocycles. The van der Waals surface area contributed by atoms with Crippen molar-refractivity contribution in [2.45, 2.75) is 6.54 Å². The maximum Gasteiger partial charge on any atom is 0.335 e. The number of anilines is 2. The SMILES string of the molecule is CNc1cc(F)cc2cc(C(=O)Nc3ccc(C(=O)O)cc3CN(C)C)c(=O)[nH]c12. The molecule has 1 heterocycles. The molecule has 3 aromatic rings. The second kappa shape index (κ2) is 8.34. The van der Waals surface area contributed by atoms with E-state index in [1.807, 2.05) is 4.90 Å². The molecule has 3 rings (SSSR count). The number of aromatic carboxylic acids is 1. The highest BCUT2D eigenvalue weighted by atomic mass is 19.1. The molecule has 0 unspecified atom stereocenters. The molecule has 8 nitrogen and oxygen atoms in total. The molecule has 2 aromatic carbocycles. The summed E-state index contributed by atoms with van der Waals surface area (Å²) in [5, 5.41) is 15.0. The standard InChI is InChI=1S/C21H21FN4O4/c1-23-17-9-14(22)7-12-8-15(20(28)25-18(12)17)19(27)24-16-5-4-11(21(29)30)6-13(16)10-26(2)3/h4-9,23H,10H2,1-3H3,(H,24,27)(H,25,28)(H,29,30). The number of rotatable bonds is 6. The number of nitrogens with one attached hydrogen (secondary N) is 3. The normalized spacial score (nSPS) is 11.0. The van der Waals surface area contributed by atoms with E-state index in [9.17, 15) is 23.9 Å². The summed E-state index contributed by atoms with van der Waals surface area (Å²) < 4.78 is 13.9. The Labute approximate surface area is 171 Å². The van der Waals surface area contributed by atoms with Gasteiger partial charge in [-0.1, -0.05) is 0 Å². The summed E-state index contributed by atoms with van der Waals surface area (Å²) in [6.07, 6.45) is 0. The molecule has 0 atom stereocenters. The summed E-state index contributed by atoms with van der Waals surface area (Å²) in [4.78, 5) is 41.0. The van der Waals surface area contributed by atoms with Crippen LogP contribution in [0.15, 0.2) is 41.2 Å². The first-order valence-corrected chi connectivity index (χ1v) is 9.06. The first-order chi connectivity index (χ1) is 14.2. The van der Waals surface area contributed by atoms with Crippen molar-refractivity contribution >= 4 is 34.2 Å². The number of hydrogen-bond donors (Lipinski definition) is 4. The number of fused-ring (bicyclic) bond motifs is 1. The number of nitrogens with zero attached hydrogens (tertiary/aromatic N) is 1. The Morgan fingerprint density at radius 1 is 1.13 bits per heavy atom. The lowest BCUT2D eigenvalue weighted by Crippen LogP contribution is -2.24. The van der Waals surface area contributed by atoms with E-state index in [0.29, 0.717) is 34.4 Å². The zero-order chi connectivity index (χ0) is 22.0. The van der Waals surface area contributed by atoms with Crippen molar-refractivity contribution in [3.8, 4) is 0 Å². The van der Waals surface area contributed by atoms with Crippen LogP contribution in [0, 0.1) is 5.82 Å². The Hall–Kier alpha value is -3.72. The second-order valence-corrected chi connectivity index (χ2v) is 7.05. The molecule has 0 fully saturated rings. The molecule has 4 N–H and O–H groups in total. The molecular formula is C21H21FN4O4. The van der Waals surface area contributed by atoms with Crippen LogP contribution in [0.5, 0.6) is 0 Å². The Morgan fingerprint density at radius 3 is 2.50 bits per heavy atom. The van der Waals surface area contributed by atoms with Crippen LogP contribution >= 0.6 is 0 Å². The molecule has 0 spiro atoms. The molecule has 0 radical (unpaired) electrons. The van der Waals surface area contributed by atoms with Gasteiger partial charge in [0, 0.05) is 24.7 Å². The largest absolute Gasteiger partial charge is 0.478 e. The minimum Gasteiger partial charge on any atom is -0.478 e. The third-order valence-electron chi connectivity index (χ3n) is 4.52. The smallest absolute Gasteiger partial charge is 0.335 e. The number of benzene rings is 2. The van der Waals surface area contributed by atoms with Gasteiger partial charge in [-0.3, -0.25) is 9.59 Å². The van der Waals surface area contributed by atoms with E-state index >= 15 is 0 Å². The highest BCUT2D eigenvalue weighted by molar-refractivity contribution is 6.07. The number of carboxylic acids is 1. The predicted molar refractivity (Wildman–Crippen MR) is 113 cm³/mol. The number of aromatic nitrogens is 1. The van der Waals surface area contributed by atoms with Gasteiger partial charge in [-0.25, -0.2) is 9.18 Å². The summed E-state index contributed by atoms with van der Waals surface area (Å²) in [6.45, 7) is 0.377. The number of aromatic amines is 1. The molecular weight excluding hydrogens is 391 g/mol. The van der Waals surface area contributed by atoms with E-state index in [-0.39, 0.29) is 11.1 Å². The monoisotopic (exact) mass is 412 g/mol. The van der Waals surface area contributed by atoms with Crippen LogP contribution in [0.1, 0.15) is 26.3 Å². The molecule has 156 valence electrons. The van der Waals surface area contributed by atoms with Crippen molar-refractivity contribution in [3.05, 3.63) is 69.3 Å². The molecule has 9 heteroatoms. The third kappa shape index (κ3) is 4.31. The van der Waals surface area contributed by atoms with Gasteiger partial charge in [0.25, 0.3) is 11.5 Å². The third-order valence-corrected chi connectivity index (χ3v) is 4.52. The topological polar surface area (TPSA) is 115 Å². The van der Waals surface area contributed by atoms with Gasteiger partial charge >= 0.3 is 5.97 Å². The summed E-state index contributed by atoms with van der Waals surface area (Å²) in [6, 6.07) is 8.11. The molecule has 0 aliphatic carbocycles. The van der Waals surface area contributed by atoms with Gasteiger partial charge in [0.05, 0.1) is 16.8 Å². The average molecular weight is 412 g/mol. The first kappa shape index (κ1) is 21.0. The Morgan fingerprint density at radius 2 is 1.87 bits per heavy atom. The van der Waals surface area contributed by atoms with Crippen LogP contribution in [0.25, 0.3) is 10.9 Å². The van der Waals surface area contributed by atoms with E-state index in [1.165, 1.54) is 36.4 Å². The van der Waals surface area contributed by atoms with Gasteiger partial charge in [-0.2, -0.15) is 0 Å². The van der Waals surface area contributed by atoms with Gasteiger partial charge < -0.3 is 25.6 Å². The van der Waals surface area contributed by atoms with Gasteiger partial charge in [0.2, 0.25) is 0 Å². The predicted octanol–water partition coefficient (Wildman–Crippen LogP) is 2.72. The minimum atomic E-state index is -1.08. The van der Waals surface area contributed by atoms with E-state index in [2.05, 4.69) is 15.6 Å². The Kier molecular flexibility index (Phi) is 5.84. The lowest BCUT2D eigenvalue weighted by molar-refractivity contribution is 0.0696. The first-order valence-electron chi connectivity index (χ1n) is 9.06. The van der Waals surface area contributed by atoms with Crippen molar-refractivity contribution in [1.82, 2.24) is 9.88 Å². The molecule has 30 heavy (non-hydrogen) atoms. The summed E-state index contributed by atoms with van der Waals surface area (Å²) in [7, 11) is 5.21. The highest BCUT2D eigenvalue weighted by Crippen LogP contribution is 2.24. The molecule has 0 aliphatic rings. The summed E-state index contributed by atoms with van der Waals surface area (Å²) in [5.74, 6) is -2.28. The van der Waals surface area contributed by atoms with E-state index in [0.717, 1.165) is 0 Å². The quantitative estimate of drug-likeness (QED) is 0.495. The van der Waals surface area contributed by atoms with E-state index in [4.69, 9.17) is 0 Å². The van der Waals surface area contributed by atoms with Crippen LogP contribution in [0.3, 0.4) is 0 Å². The van der Waals surface area contributed by atoms with E-state index in [1.54, 1.807) is 21.1 Å². The number of carbonyl (C=O) groups excluding carboxylic acids is 1. The maximum atomic E-state index is 13.9. The fourth-order valence-corrected chi connectivity index (χ4v) is 3.16. The fourth-order valence-electron chi connectivity index (χ4n) is 3.16. The minimum absolute atomic E-state index is 0.0865. The van der Waals surface area contributed by atoms with Gasteiger partial charge in [-0.05, 0) is 56.1 Å². The zero-order valence-electron chi connectivity index (χ0n) is 16.7. The molecule has 0 bridgehead atoms. The maximum absolute atomic E-state index is 13.9. The Balaban J connectivity index is 2.02. The average Bonchev–Trinajstić information content (AvgIpc) is 2.67. The molecule has 1 amide bonds. The number of hydrogen-bond acceptors (Lipinski definition) is 5. The molecule has 0 aliphatic heterocycles. The molecule has 0 saturated heterocycles. The summed E-state index contributed by atoms with van der Waals surface area (Å²) >= 11 is 0. The number of halogens is 1. The van der Waals surface area contributed by atoms with Gasteiger partial charge in [0.15, 0.2) is 0 Å². The zero-order valence-corrected chi connectivity index (χ0v) is 16.7. The van der Waals surface area contributed by atoms with Crippen LogP contribution in [0.2, 0.25) is 0 Å². The van der Waals surface area contributed by atoms with E-state index < -0.39 is 23.3 Å². The van der Waals surface area contributed by atoms with Crippen LogP contribution in [0.4, 0.5) is 15.8 Å². The van der Waals surface area contributed by atoms with Gasteiger partial charge in [-0.15, -0.1) is 0 Å². The number of carbonyl (C=O) groups is 2. The fraction of sp³-hybridized carbons (Fsp3) is 0.190.